The zero-order valence-electron chi connectivity index (χ0n) is 7.69. The number of nitrogens with one attached hydrogen (secondary N) is 1. The van der Waals surface area contributed by atoms with Crippen molar-refractivity contribution in [1.82, 2.24) is 5.32 Å². The molecule has 0 aliphatic heterocycles. The average Bonchev–Trinajstić information content (AvgIpc) is 2.09. The summed E-state index contributed by atoms with van der Waals surface area (Å²) in [6.45, 7) is 1.34. The molecule has 1 unspecified atom stereocenters. The van der Waals surface area contributed by atoms with Gasteiger partial charge in [0, 0.05) is 13.0 Å². The Hall–Kier alpha value is -1.25. The van der Waals surface area contributed by atoms with Crippen LogP contribution in [0.25, 0.3) is 0 Å². The molecule has 0 aliphatic carbocycles. The van der Waals surface area contributed by atoms with Crippen LogP contribution >= 0.6 is 0 Å². The molecule has 0 aliphatic rings. The normalized spacial score (nSPS) is 13.1. The number of carbonyl (C=O) groups is 1. The van der Waals surface area contributed by atoms with Gasteiger partial charge in [-0.2, -0.15) is 18.4 Å². The molecule has 80 valence electrons. The molecular formula is C8H11F3N2O. The Morgan fingerprint density at radius 1 is 1.57 bits per heavy atom. The van der Waals surface area contributed by atoms with Gasteiger partial charge in [-0.05, 0) is 13.3 Å². The molecule has 3 nitrogen and oxygen atoms in total. The van der Waals surface area contributed by atoms with E-state index in [0.717, 1.165) is 0 Å². The number of amides is 1. The molecule has 1 amide bonds. The number of alkyl halides is 3. The van der Waals surface area contributed by atoms with Crippen molar-refractivity contribution in [3.8, 4) is 6.07 Å². The first-order valence-corrected chi connectivity index (χ1v) is 4.11. The lowest BCUT2D eigenvalue weighted by Gasteiger charge is -2.07. The van der Waals surface area contributed by atoms with Crippen LogP contribution in [0.1, 0.15) is 19.8 Å². The topological polar surface area (TPSA) is 52.9 Å². The third-order valence-corrected chi connectivity index (χ3v) is 1.52. The standard InChI is InChI=1S/C8H11F3N2O/c1-6(5-12)7(14)13-4-2-3-8(9,10)11/h6H,2-4H2,1H3,(H,13,14). The van der Waals surface area contributed by atoms with Crippen LogP contribution in [0.15, 0.2) is 0 Å². The molecule has 0 rings (SSSR count). The zero-order chi connectivity index (χ0) is 11.2. The molecule has 0 spiro atoms. The molecule has 0 heterocycles. The Labute approximate surface area is 79.9 Å². The molecule has 1 atom stereocenters. The highest BCUT2D eigenvalue weighted by atomic mass is 19.4. The summed E-state index contributed by atoms with van der Waals surface area (Å²) in [4.78, 5) is 10.9. The monoisotopic (exact) mass is 208 g/mol. The second-order valence-corrected chi connectivity index (χ2v) is 2.86. The smallest absolute Gasteiger partial charge is 0.355 e. The fourth-order valence-corrected chi connectivity index (χ4v) is 0.712. The molecule has 0 aromatic rings. The Kier molecular flexibility index (Phi) is 4.99. The summed E-state index contributed by atoms with van der Waals surface area (Å²) < 4.78 is 34.9. The fourth-order valence-electron chi connectivity index (χ4n) is 0.712. The first kappa shape index (κ1) is 12.8. The number of hydrogen-bond donors (Lipinski definition) is 1. The highest BCUT2D eigenvalue weighted by Gasteiger charge is 2.26. The summed E-state index contributed by atoms with van der Waals surface area (Å²) >= 11 is 0. The molecule has 0 bridgehead atoms. The van der Waals surface area contributed by atoms with Crippen LogP contribution in [0.4, 0.5) is 13.2 Å². The predicted molar refractivity (Wildman–Crippen MR) is 43.1 cm³/mol. The van der Waals surface area contributed by atoms with Crippen molar-refractivity contribution >= 4 is 5.91 Å². The molecule has 6 heteroatoms. The van der Waals surface area contributed by atoms with Crippen LogP contribution in [0.3, 0.4) is 0 Å². The average molecular weight is 208 g/mol. The van der Waals surface area contributed by atoms with E-state index in [9.17, 15) is 18.0 Å². The van der Waals surface area contributed by atoms with E-state index >= 15 is 0 Å². The van der Waals surface area contributed by atoms with Crippen LogP contribution in [0.2, 0.25) is 0 Å². The van der Waals surface area contributed by atoms with Gasteiger partial charge in [0.05, 0.1) is 6.07 Å². The van der Waals surface area contributed by atoms with Crippen LogP contribution in [0.5, 0.6) is 0 Å². The second kappa shape index (κ2) is 5.47. The summed E-state index contributed by atoms with van der Waals surface area (Å²) in [6, 6.07) is 1.69. The van der Waals surface area contributed by atoms with E-state index in [-0.39, 0.29) is 13.0 Å². The van der Waals surface area contributed by atoms with E-state index in [0.29, 0.717) is 0 Å². The number of halogens is 3. The largest absolute Gasteiger partial charge is 0.389 e. The lowest BCUT2D eigenvalue weighted by Crippen LogP contribution is -2.29. The summed E-state index contributed by atoms with van der Waals surface area (Å²) in [7, 11) is 0. The van der Waals surface area contributed by atoms with Gasteiger partial charge in [0.15, 0.2) is 0 Å². The molecule has 14 heavy (non-hydrogen) atoms. The number of rotatable bonds is 4. The maximum Gasteiger partial charge on any atom is 0.389 e. The Balaban J connectivity index is 3.57. The lowest BCUT2D eigenvalue weighted by atomic mass is 10.2. The summed E-state index contributed by atoms with van der Waals surface area (Å²) in [5, 5.41) is 10.5. The van der Waals surface area contributed by atoms with Crippen molar-refractivity contribution < 1.29 is 18.0 Å². The van der Waals surface area contributed by atoms with E-state index in [1.165, 1.54) is 6.92 Å². The highest BCUT2D eigenvalue weighted by Crippen LogP contribution is 2.20. The van der Waals surface area contributed by atoms with Gasteiger partial charge in [-0.1, -0.05) is 0 Å². The van der Waals surface area contributed by atoms with Crippen molar-refractivity contribution in [1.29, 1.82) is 5.26 Å². The van der Waals surface area contributed by atoms with Gasteiger partial charge >= 0.3 is 6.18 Å². The second-order valence-electron chi connectivity index (χ2n) is 2.86. The Bertz CT molecular complexity index is 232. The molecule has 0 fully saturated rings. The number of hydrogen-bond acceptors (Lipinski definition) is 2. The first-order chi connectivity index (χ1) is 6.37. The number of nitrogens with zero attached hydrogens (tertiary/aromatic N) is 1. The zero-order valence-corrected chi connectivity index (χ0v) is 7.69. The molecule has 0 aromatic carbocycles. The van der Waals surface area contributed by atoms with Crippen molar-refractivity contribution in [3.63, 3.8) is 0 Å². The number of carbonyl (C=O) groups excluding carboxylic acids is 1. The Morgan fingerprint density at radius 3 is 2.57 bits per heavy atom. The van der Waals surface area contributed by atoms with E-state index < -0.39 is 24.4 Å². The highest BCUT2D eigenvalue weighted by molar-refractivity contribution is 5.80. The van der Waals surface area contributed by atoms with Crippen LogP contribution in [-0.4, -0.2) is 18.6 Å². The van der Waals surface area contributed by atoms with Gasteiger partial charge in [-0.15, -0.1) is 0 Å². The minimum Gasteiger partial charge on any atom is -0.355 e. The molecule has 0 radical (unpaired) electrons. The quantitative estimate of drug-likeness (QED) is 0.713. The molecule has 0 aromatic heterocycles. The molecule has 0 saturated carbocycles. The van der Waals surface area contributed by atoms with Crippen LogP contribution < -0.4 is 5.32 Å². The van der Waals surface area contributed by atoms with E-state index in [4.69, 9.17) is 5.26 Å². The van der Waals surface area contributed by atoms with Crippen molar-refractivity contribution in [3.05, 3.63) is 0 Å². The maximum atomic E-state index is 11.6. The molecule has 0 saturated heterocycles. The first-order valence-electron chi connectivity index (χ1n) is 4.11. The van der Waals surface area contributed by atoms with Gasteiger partial charge in [-0.25, -0.2) is 0 Å². The molecular weight excluding hydrogens is 197 g/mol. The predicted octanol–water partition coefficient (Wildman–Crippen LogP) is 1.60. The van der Waals surface area contributed by atoms with E-state index in [1.807, 2.05) is 0 Å². The van der Waals surface area contributed by atoms with E-state index in [2.05, 4.69) is 5.32 Å². The summed E-state index contributed by atoms with van der Waals surface area (Å²) in [5.41, 5.74) is 0. The summed E-state index contributed by atoms with van der Waals surface area (Å²) in [5.74, 6) is -1.35. The maximum absolute atomic E-state index is 11.6. The number of nitriles is 1. The minimum absolute atomic E-state index is 0.0512. The van der Waals surface area contributed by atoms with Gasteiger partial charge in [0.2, 0.25) is 5.91 Å². The van der Waals surface area contributed by atoms with Crippen molar-refractivity contribution in [2.24, 2.45) is 5.92 Å². The summed E-state index contributed by atoms with van der Waals surface area (Å²) in [6.07, 6.45) is -5.27. The third-order valence-electron chi connectivity index (χ3n) is 1.52. The Morgan fingerprint density at radius 2 is 2.14 bits per heavy atom. The lowest BCUT2D eigenvalue weighted by molar-refractivity contribution is -0.136. The van der Waals surface area contributed by atoms with Gasteiger partial charge in [0.1, 0.15) is 5.92 Å². The van der Waals surface area contributed by atoms with Gasteiger partial charge in [0.25, 0.3) is 0 Å². The van der Waals surface area contributed by atoms with Crippen LogP contribution in [0, 0.1) is 17.2 Å². The van der Waals surface area contributed by atoms with Gasteiger partial charge < -0.3 is 5.32 Å². The molecule has 1 N–H and O–H groups in total. The van der Waals surface area contributed by atoms with Crippen molar-refractivity contribution in [2.45, 2.75) is 25.9 Å². The van der Waals surface area contributed by atoms with Crippen LogP contribution in [-0.2, 0) is 4.79 Å². The third kappa shape index (κ3) is 6.29. The SMILES string of the molecule is CC(C#N)C(=O)NCCCC(F)(F)F. The minimum atomic E-state index is -4.19. The van der Waals surface area contributed by atoms with E-state index in [1.54, 1.807) is 6.07 Å². The van der Waals surface area contributed by atoms with Gasteiger partial charge in [-0.3, -0.25) is 4.79 Å². The fraction of sp³-hybridized carbons (Fsp3) is 0.750. The van der Waals surface area contributed by atoms with Crippen molar-refractivity contribution in [2.75, 3.05) is 6.54 Å².